The average Bonchev–Trinajstić information content (AvgIpc) is 3.29. The molecule has 0 saturated heterocycles. The van der Waals surface area contributed by atoms with Crippen LogP contribution >= 0.6 is 0 Å². The molecule has 0 fully saturated rings. The third-order valence-corrected chi connectivity index (χ3v) is 5.97. The van der Waals surface area contributed by atoms with Gasteiger partial charge in [-0.05, 0) is 23.3 Å². The molecule has 2 nitrogen and oxygen atoms in total. The number of benzene rings is 4. The summed E-state index contributed by atoms with van der Waals surface area (Å²) in [7, 11) is 0. The van der Waals surface area contributed by atoms with Gasteiger partial charge in [0.05, 0.1) is 5.69 Å². The van der Waals surface area contributed by atoms with E-state index in [4.69, 9.17) is 9.40 Å². The molecule has 156 valence electrons. The third-order valence-electron chi connectivity index (χ3n) is 5.97. The first-order chi connectivity index (χ1) is 16.4. The van der Waals surface area contributed by atoms with E-state index in [-0.39, 0.29) is 0 Å². The van der Waals surface area contributed by atoms with E-state index in [2.05, 4.69) is 97.1 Å². The topological polar surface area (TPSA) is 26.0 Å². The maximum absolute atomic E-state index is 6.61. The zero-order valence-corrected chi connectivity index (χ0v) is 18.0. The highest BCUT2D eigenvalue weighted by Crippen LogP contribution is 2.42. The molecule has 0 atom stereocenters. The molecule has 0 aliphatic carbocycles. The highest BCUT2D eigenvalue weighted by Gasteiger charge is 2.19. The van der Waals surface area contributed by atoms with Crippen molar-refractivity contribution < 1.29 is 4.42 Å². The number of fused-ring (bicyclic) bond motifs is 1. The van der Waals surface area contributed by atoms with Crippen molar-refractivity contribution in [1.29, 1.82) is 0 Å². The van der Waals surface area contributed by atoms with E-state index >= 15 is 0 Å². The molecule has 0 aliphatic rings. The second kappa shape index (κ2) is 8.25. The monoisotopic (exact) mass is 423 g/mol. The quantitative estimate of drug-likeness (QED) is 0.284. The van der Waals surface area contributed by atoms with Crippen LogP contribution in [0.2, 0.25) is 0 Å². The van der Waals surface area contributed by atoms with Gasteiger partial charge in [0.15, 0.2) is 0 Å². The van der Waals surface area contributed by atoms with Crippen LogP contribution in [0.15, 0.2) is 132 Å². The Kier molecular flexibility index (Phi) is 4.82. The van der Waals surface area contributed by atoms with Gasteiger partial charge in [0.1, 0.15) is 11.5 Å². The van der Waals surface area contributed by atoms with Gasteiger partial charge in [-0.1, -0.05) is 109 Å². The van der Waals surface area contributed by atoms with Crippen molar-refractivity contribution in [3.05, 3.63) is 128 Å². The third kappa shape index (κ3) is 3.52. The summed E-state index contributed by atoms with van der Waals surface area (Å²) in [6.45, 7) is 0. The minimum absolute atomic E-state index is 0.843. The number of rotatable bonds is 4. The molecular formula is C31H21NO. The average molecular weight is 424 g/mol. The van der Waals surface area contributed by atoms with Gasteiger partial charge < -0.3 is 4.42 Å². The van der Waals surface area contributed by atoms with E-state index < -0.39 is 0 Å². The van der Waals surface area contributed by atoms with Crippen LogP contribution in [-0.2, 0) is 0 Å². The molecule has 6 rings (SSSR count). The Bertz CT molecular complexity index is 1530. The van der Waals surface area contributed by atoms with Gasteiger partial charge >= 0.3 is 0 Å². The Labute approximate surface area is 192 Å². The van der Waals surface area contributed by atoms with E-state index in [9.17, 15) is 0 Å². The fourth-order valence-corrected chi connectivity index (χ4v) is 4.36. The van der Waals surface area contributed by atoms with Gasteiger partial charge in [-0.2, -0.15) is 0 Å². The number of pyridine rings is 1. The van der Waals surface area contributed by atoms with Crippen LogP contribution < -0.4 is 0 Å². The normalized spacial score (nSPS) is 11.0. The fraction of sp³-hybridized carbons (Fsp3) is 0. The smallest absolute Gasteiger partial charge is 0.144 e. The zero-order chi connectivity index (χ0) is 22.0. The van der Waals surface area contributed by atoms with E-state index in [1.54, 1.807) is 0 Å². The molecule has 0 saturated carbocycles. The highest BCUT2D eigenvalue weighted by atomic mass is 16.3. The number of aromatic nitrogens is 1. The molecule has 6 aromatic rings. The zero-order valence-electron chi connectivity index (χ0n) is 18.0. The summed E-state index contributed by atoms with van der Waals surface area (Å²) in [5.74, 6) is 1.72. The molecule has 2 heteroatoms. The minimum atomic E-state index is 0.843. The van der Waals surface area contributed by atoms with E-state index in [0.29, 0.717) is 0 Å². The summed E-state index contributed by atoms with van der Waals surface area (Å²) in [5, 5.41) is 2.19. The molecule has 0 aliphatic heterocycles. The summed E-state index contributed by atoms with van der Waals surface area (Å²) < 4.78 is 6.61. The van der Waals surface area contributed by atoms with Crippen molar-refractivity contribution in [3.63, 3.8) is 0 Å². The van der Waals surface area contributed by atoms with E-state index in [0.717, 1.165) is 50.2 Å². The molecule has 0 amide bonds. The van der Waals surface area contributed by atoms with Crippen molar-refractivity contribution in [2.45, 2.75) is 0 Å². The number of nitrogens with zero attached hydrogens (tertiary/aromatic N) is 1. The van der Waals surface area contributed by atoms with Gasteiger partial charge in [0.25, 0.3) is 0 Å². The van der Waals surface area contributed by atoms with Crippen molar-refractivity contribution in [2.24, 2.45) is 0 Å². The Hall–Kier alpha value is -4.43. The summed E-state index contributed by atoms with van der Waals surface area (Å²) in [6.07, 6.45) is 1.90. The van der Waals surface area contributed by atoms with Gasteiger partial charge in [-0.25, -0.2) is 0 Å². The molecule has 0 radical (unpaired) electrons. The van der Waals surface area contributed by atoms with Gasteiger partial charge in [0.2, 0.25) is 0 Å². The molecular weight excluding hydrogens is 402 g/mol. The van der Waals surface area contributed by atoms with Crippen molar-refractivity contribution in [2.75, 3.05) is 0 Å². The van der Waals surface area contributed by atoms with Crippen LogP contribution in [0.5, 0.6) is 0 Å². The van der Waals surface area contributed by atoms with Gasteiger partial charge in [-0.15, -0.1) is 0 Å². The molecule has 33 heavy (non-hydrogen) atoms. The minimum Gasteiger partial charge on any atom is -0.455 e. The van der Waals surface area contributed by atoms with Crippen LogP contribution in [-0.4, -0.2) is 4.98 Å². The fourth-order valence-electron chi connectivity index (χ4n) is 4.36. The summed E-state index contributed by atoms with van der Waals surface area (Å²) in [5.41, 5.74) is 6.43. The number of hydrogen-bond donors (Lipinski definition) is 0. The molecule has 0 bridgehead atoms. The molecule has 4 aromatic carbocycles. The molecule has 0 N–H and O–H groups in total. The second-order valence-corrected chi connectivity index (χ2v) is 8.02. The second-order valence-electron chi connectivity index (χ2n) is 8.02. The van der Waals surface area contributed by atoms with Crippen molar-refractivity contribution in [3.8, 4) is 45.0 Å². The summed E-state index contributed by atoms with van der Waals surface area (Å²) >= 11 is 0. The first-order valence-corrected chi connectivity index (χ1v) is 11.1. The van der Waals surface area contributed by atoms with Crippen molar-refractivity contribution >= 4 is 10.8 Å². The SMILES string of the molecule is c1ccc(-c2ccc(-c3oc(-c4ccccc4-c4ccccc4)c4ccccc34)cn2)cc1. The lowest BCUT2D eigenvalue weighted by molar-refractivity contribution is 0.602. The number of hydrogen-bond acceptors (Lipinski definition) is 2. The van der Waals surface area contributed by atoms with Gasteiger partial charge in [-0.3, -0.25) is 4.98 Å². The van der Waals surface area contributed by atoms with Crippen LogP contribution in [0.3, 0.4) is 0 Å². The van der Waals surface area contributed by atoms with Gasteiger partial charge in [0, 0.05) is 33.7 Å². The lowest BCUT2D eigenvalue weighted by Gasteiger charge is -2.08. The lowest BCUT2D eigenvalue weighted by atomic mass is 9.96. The summed E-state index contributed by atoms with van der Waals surface area (Å²) in [4.78, 5) is 4.72. The van der Waals surface area contributed by atoms with Crippen LogP contribution in [0.1, 0.15) is 0 Å². The molecule has 0 unspecified atom stereocenters. The Morgan fingerprint density at radius 1 is 0.424 bits per heavy atom. The maximum Gasteiger partial charge on any atom is 0.144 e. The standard InChI is InChI=1S/C31H21NO/c1-3-11-22(12-4-1)25-15-7-8-16-26(25)31-28-18-10-9-17-27(28)30(33-31)24-19-20-29(32-21-24)23-13-5-2-6-14-23/h1-21H. The number of furan rings is 1. The predicted molar refractivity (Wildman–Crippen MR) is 136 cm³/mol. The van der Waals surface area contributed by atoms with E-state index in [1.807, 2.05) is 30.5 Å². The Morgan fingerprint density at radius 3 is 1.67 bits per heavy atom. The largest absolute Gasteiger partial charge is 0.455 e. The first-order valence-electron chi connectivity index (χ1n) is 11.1. The highest BCUT2D eigenvalue weighted by molar-refractivity contribution is 6.04. The van der Waals surface area contributed by atoms with Crippen molar-refractivity contribution in [1.82, 2.24) is 4.98 Å². The van der Waals surface area contributed by atoms with E-state index in [1.165, 1.54) is 5.56 Å². The Balaban J connectivity index is 1.50. The van der Waals surface area contributed by atoms with Crippen LogP contribution in [0.4, 0.5) is 0 Å². The molecule has 2 heterocycles. The maximum atomic E-state index is 6.61. The predicted octanol–water partition coefficient (Wildman–Crippen LogP) is 8.50. The van der Waals surface area contributed by atoms with Crippen LogP contribution in [0.25, 0.3) is 55.8 Å². The molecule has 2 aromatic heterocycles. The summed E-state index contributed by atoms with van der Waals surface area (Å²) in [6, 6.07) is 41.6. The lowest BCUT2D eigenvalue weighted by Crippen LogP contribution is -1.84. The van der Waals surface area contributed by atoms with Crippen LogP contribution in [0, 0.1) is 0 Å². The Morgan fingerprint density at radius 2 is 1.00 bits per heavy atom. The first kappa shape index (κ1) is 19.3. The molecule has 0 spiro atoms.